The van der Waals surface area contributed by atoms with Gasteiger partial charge >= 0.3 is 0 Å². The molecule has 1 amide bonds. The number of ether oxygens (including phenoxy) is 1. The largest absolute Gasteiger partial charge is 0.494 e. The van der Waals surface area contributed by atoms with Crippen LogP contribution in [-0.4, -0.2) is 23.6 Å². The number of nitrogens with zero attached hydrogens (tertiary/aromatic N) is 1. The highest BCUT2D eigenvalue weighted by Gasteiger charge is 2.13. The molecule has 0 bridgehead atoms. The molecular weight excluding hydrogens is 435 g/mol. The van der Waals surface area contributed by atoms with Crippen LogP contribution < -0.4 is 15.6 Å². The van der Waals surface area contributed by atoms with Gasteiger partial charge in [0.15, 0.2) is 0 Å². The highest BCUT2D eigenvalue weighted by Crippen LogP contribution is 2.21. The summed E-state index contributed by atoms with van der Waals surface area (Å²) in [5, 5.41) is 3.97. The van der Waals surface area contributed by atoms with Gasteiger partial charge in [0.25, 0.3) is 11.5 Å². The second-order valence-electron chi connectivity index (χ2n) is 6.68. The molecule has 0 aliphatic heterocycles. The molecule has 3 aromatic rings. The van der Waals surface area contributed by atoms with Crippen molar-refractivity contribution in [2.45, 2.75) is 13.3 Å². The van der Waals surface area contributed by atoms with E-state index in [4.69, 9.17) is 27.9 Å². The van der Waals surface area contributed by atoms with Gasteiger partial charge in [-0.1, -0.05) is 47.5 Å². The lowest BCUT2D eigenvalue weighted by atomic mass is 10.1. The highest BCUT2D eigenvalue weighted by atomic mass is 35.5. The van der Waals surface area contributed by atoms with Crippen molar-refractivity contribution in [3.05, 3.63) is 98.4 Å². The maximum Gasteiger partial charge on any atom is 0.268 e. The molecule has 0 spiro atoms. The first-order valence-electron chi connectivity index (χ1n) is 9.82. The summed E-state index contributed by atoms with van der Waals surface area (Å²) >= 11 is 12.1. The first kappa shape index (κ1) is 22.7. The fourth-order valence-corrected chi connectivity index (χ4v) is 3.48. The van der Waals surface area contributed by atoms with Crippen molar-refractivity contribution < 1.29 is 9.53 Å². The van der Waals surface area contributed by atoms with Crippen molar-refractivity contribution in [1.29, 1.82) is 0 Å². The number of hydrogen-bond acceptors (Lipinski definition) is 3. The van der Waals surface area contributed by atoms with Gasteiger partial charge in [-0.05, 0) is 60.9 Å². The Balaban J connectivity index is 1.81. The Kier molecular flexibility index (Phi) is 7.93. The number of benzene rings is 2. The third-order valence-corrected chi connectivity index (χ3v) is 5.09. The van der Waals surface area contributed by atoms with E-state index in [9.17, 15) is 9.59 Å². The summed E-state index contributed by atoms with van der Waals surface area (Å²) in [6, 6.07) is 17.3. The third-order valence-electron chi connectivity index (χ3n) is 4.50. The van der Waals surface area contributed by atoms with Crippen LogP contribution in [0.25, 0.3) is 11.8 Å². The van der Waals surface area contributed by atoms with Crippen molar-refractivity contribution in [1.82, 2.24) is 9.88 Å². The topological polar surface area (TPSA) is 60.3 Å². The van der Waals surface area contributed by atoms with Crippen molar-refractivity contribution in [3.8, 4) is 5.75 Å². The second kappa shape index (κ2) is 10.8. The molecular formula is C24H22Cl2N2O3. The summed E-state index contributed by atoms with van der Waals surface area (Å²) in [6.07, 6.45) is 3.77. The van der Waals surface area contributed by atoms with Crippen LogP contribution in [0.5, 0.6) is 5.75 Å². The summed E-state index contributed by atoms with van der Waals surface area (Å²) < 4.78 is 6.78. The van der Waals surface area contributed by atoms with Crippen LogP contribution in [0.15, 0.2) is 71.7 Å². The van der Waals surface area contributed by atoms with Gasteiger partial charge in [-0.3, -0.25) is 14.2 Å². The van der Waals surface area contributed by atoms with E-state index in [-0.39, 0.29) is 17.2 Å². The van der Waals surface area contributed by atoms with Gasteiger partial charge in [0.1, 0.15) is 11.4 Å². The quantitative estimate of drug-likeness (QED) is 0.489. The Morgan fingerprint density at radius 2 is 1.87 bits per heavy atom. The summed E-state index contributed by atoms with van der Waals surface area (Å²) in [6.45, 7) is 2.83. The standard InChI is InChI=1S/C24H22Cl2N2O3/c1-2-31-20-10-6-17(7-11-20)15-22(28-14-4-3-5-23(28)29)24(30)27-13-12-18-8-9-19(25)16-21(18)26/h3-11,14-16H,2,12-13H2,1H3,(H,27,30)/b22-15+. The molecule has 0 aliphatic carbocycles. The van der Waals surface area contributed by atoms with Gasteiger partial charge < -0.3 is 10.1 Å². The maximum absolute atomic E-state index is 13.0. The van der Waals surface area contributed by atoms with Crippen LogP contribution in [0.1, 0.15) is 18.1 Å². The van der Waals surface area contributed by atoms with Crippen LogP contribution in [0.2, 0.25) is 10.0 Å². The third kappa shape index (κ3) is 6.23. The molecule has 1 heterocycles. The number of halogens is 2. The minimum atomic E-state index is -0.368. The van der Waals surface area contributed by atoms with Crippen molar-refractivity contribution in [2.24, 2.45) is 0 Å². The number of pyridine rings is 1. The monoisotopic (exact) mass is 456 g/mol. The average Bonchev–Trinajstić information content (AvgIpc) is 2.75. The molecule has 0 saturated carbocycles. The number of aromatic nitrogens is 1. The Bertz CT molecular complexity index is 1140. The summed E-state index contributed by atoms with van der Waals surface area (Å²) in [7, 11) is 0. The van der Waals surface area contributed by atoms with Gasteiger partial charge in [0, 0.05) is 28.9 Å². The van der Waals surface area contributed by atoms with Crippen LogP contribution in [-0.2, 0) is 11.2 Å². The molecule has 160 valence electrons. The smallest absolute Gasteiger partial charge is 0.268 e. The van der Waals surface area contributed by atoms with E-state index in [1.807, 2.05) is 37.3 Å². The lowest BCUT2D eigenvalue weighted by Crippen LogP contribution is -2.32. The number of rotatable bonds is 8. The summed E-state index contributed by atoms with van der Waals surface area (Å²) in [4.78, 5) is 25.3. The second-order valence-corrected chi connectivity index (χ2v) is 7.53. The summed E-state index contributed by atoms with van der Waals surface area (Å²) in [5.41, 5.74) is 1.57. The molecule has 1 N–H and O–H groups in total. The molecule has 31 heavy (non-hydrogen) atoms. The first-order chi connectivity index (χ1) is 15.0. The van der Waals surface area contributed by atoms with E-state index in [1.165, 1.54) is 10.6 Å². The number of nitrogens with one attached hydrogen (secondary N) is 1. The number of hydrogen-bond donors (Lipinski definition) is 1. The maximum atomic E-state index is 13.0. The molecule has 2 aromatic carbocycles. The molecule has 0 saturated heterocycles. The molecule has 0 unspecified atom stereocenters. The lowest BCUT2D eigenvalue weighted by Gasteiger charge is -2.12. The van der Waals surface area contributed by atoms with Gasteiger partial charge in [-0.2, -0.15) is 0 Å². The normalized spacial score (nSPS) is 11.3. The molecule has 1 aromatic heterocycles. The lowest BCUT2D eigenvalue weighted by molar-refractivity contribution is -0.115. The van der Waals surface area contributed by atoms with Crippen LogP contribution in [0, 0.1) is 0 Å². The van der Waals surface area contributed by atoms with E-state index in [0.717, 1.165) is 16.9 Å². The van der Waals surface area contributed by atoms with E-state index >= 15 is 0 Å². The molecule has 0 atom stereocenters. The average molecular weight is 457 g/mol. The fourth-order valence-electron chi connectivity index (χ4n) is 2.98. The predicted octanol–water partition coefficient (Wildman–Crippen LogP) is 4.91. The van der Waals surface area contributed by atoms with E-state index in [0.29, 0.717) is 29.6 Å². The zero-order valence-corrected chi connectivity index (χ0v) is 18.5. The Morgan fingerprint density at radius 3 is 2.55 bits per heavy atom. The van der Waals surface area contributed by atoms with Crippen LogP contribution in [0.3, 0.4) is 0 Å². The van der Waals surface area contributed by atoms with E-state index in [2.05, 4.69) is 5.32 Å². The minimum absolute atomic E-state index is 0.219. The molecule has 5 nitrogen and oxygen atoms in total. The Hall–Kier alpha value is -3.02. The van der Waals surface area contributed by atoms with E-state index < -0.39 is 0 Å². The number of amides is 1. The van der Waals surface area contributed by atoms with E-state index in [1.54, 1.807) is 36.5 Å². The number of carbonyl (C=O) groups excluding carboxylic acids is 1. The summed E-state index contributed by atoms with van der Waals surface area (Å²) in [5.74, 6) is 0.370. The Morgan fingerprint density at radius 1 is 1.10 bits per heavy atom. The molecule has 0 aliphatic rings. The van der Waals surface area contributed by atoms with Crippen LogP contribution >= 0.6 is 23.2 Å². The molecule has 3 rings (SSSR count). The van der Waals surface area contributed by atoms with Crippen molar-refractivity contribution >= 4 is 40.9 Å². The van der Waals surface area contributed by atoms with Gasteiger partial charge in [-0.25, -0.2) is 0 Å². The molecule has 0 radical (unpaired) electrons. The SMILES string of the molecule is CCOc1ccc(/C=C(\C(=O)NCCc2ccc(Cl)cc2Cl)n2ccccc2=O)cc1. The predicted molar refractivity (Wildman–Crippen MR) is 126 cm³/mol. The van der Waals surface area contributed by atoms with Gasteiger partial charge in [0.05, 0.1) is 6.61 Å². The number of carbonyl (C=O) groups is 1. The van der Waals surface area contributed by atoms with Gasteiger partial charge in [0.2, 0.25) is 0 Å². The Labute approximate surface area is 190 Å². The minimum Gasteiger partial charge on any atom is -0.494 e. The highest BCUT2D eigenvalue weighted by molar-refractivity contribution is 6.35. The zero-order chi connectivity index (χ0) is 22.2. The van der Waals surface area contributed by atoms with Crippen molar-refractivity contribution in [3.63, 3.8) is 0 Å². The van der Waals surface area contributed by atoms with Gasteiger partial charge in [-0.15, -0.1) is 0 Å². The van der Waals surface area contributed by atoms with Crippen molar-refractivity contribution in [2.75, 3.05) is 13.2 Å². The fraction of sp³-hybridized carbons (Fsp3) is 0.167. The van der Waals surface area contributed by atoms with Crippen LogP contribution in [0.4, 0.5) is 0 Å². The first-order valence-corrected chi connectivity index (χ1v) is 10.6. The molecule has 0 fully saturated rings. The molecule has 7 heteroatoms. The zero-order valence-electron chi connectivity index (χ0n) is 17.0.